The van der Waals surface area contributed by atoms with Crippen molar-refractivity contribution in [2.75, 3.05) is 5.73 Å². The van der Waals surface area contributed by atoms with Gasteiger partial charge in [0.15, 0.2) is 5.13 Å². The van der Waals surface area contributed by atoms with E-state index >= 15 is 0 Å². The van der Waals surface area contributed by atoms with Gasteiger partial charge < -0.3 is 5.73 Å². The first-order chi connectivity index (χ1) is 6.81. The van der Waals surface area contributed by atoms with Crippen LogP contribution in [0.1, 0.15) is 11.8 Å². The lowest BCUT2D eigenvalue weighted by atomic mass is 10.1. The molecule has 0 fully saturated rings. The van der Waals surface area contributed by atoms with Gasteiger partial charge in [-0.25, -0.2) is 4.98 Å². The van der Waals surface area contributed by atoms with E-state index < -0.39 is 0 Å². The van der Waals surface area contributed by atoms with E-state index in [4.69, 9.17) is 5.73 Å². The van der Waals surface area contributed by atoms with Crippen molar-refractivity contribution in [1.82, 2.24) is 4.98 Å². The van der Waals surface area contributed by atoms with Gasteiger partial charge >= 0.3 is 0 Å². The summed E-state index contributed by atoms with van der Waals surface area (Å²) in [6.45, 7) is 2.12. The molecule has 0 radical (unpaired) electrons. The summed E-state index contributed by atoms with van der Waals surface area (Å²) in [6.07, 6.45) is 0.985. The molecule has 0 spiro atoms. The number of nitrogen functional groups attached to an aromatic ring is 1. The van der Waals surface area contributed by atoms with E-state index in [1.54, 1.807) is 11.3 Å². The molecule has 1 aromatic carbocycles. The van der Waals surface area contributed by atoms with Crippen LogP contribution in [0.5, 0.6) is 0 Å². The molecule has 2 rings (SSSR count). The molecule has 0 atom stereocenters. The van der Waals surface area contributed by atoms with Crippen LogP contribution in [0.15, 0.2) is 30.3 Å². The Balaban J connectivity index is 0.00000112. The van der Waals surface area contributed by atoms with Crippen LogP contribution in [0.25, 0.3) is 11.3 Å². The Morgan fingerprint density at radius 2 is 1.93 bits per heavy atom. The highest BCUT2D eigenvalue weighted by atomic mass is 79.9. The number of benzene rings is 1. The zero-order valence-corrected chi connectivity index (χ0v) is 11.0. The number of hydrogen-bond donors (Lipinski definition) is 1. The molecule has 15 heavy (non-hydrogen) atoms. The Labute approximate surface area is 104 Å². The fourth-order valence-corrected chi connectivity index (χ4v) is 2.22. The molecule has 0 aliphatic carbocycles. The number of halogens is 1. The molecule has 2 N–H and O–H groups in total. The summed E-state index contributed by atoms with van der Waals surface area (Å²) in [4.78, 5) is 5.61. The van der Waals surface area contributed by atoms with Crippen molar-refractivity contribution < 1.29 is 0 Å². The average molecular weight is 285 g/mol. The van der Waals surface area contributed by atoms with Gasteiger partial charge in [-0.2, -0.15) is 0 Å². The quantitative estimate of drug-likeness (QED) is 0.916. The predicted molar refractivity (Wildman–Crippen MR) is 71.7 cm³/mol. The van der Waals surface area contributed by atoms with Crippen molar-refractivity contribution in [3.8, 4) is 11.3 Å². The van der Waals surface area contributed by atoms with Gasteiger partial charge in [-0.1, -0.05) is 37.3 Å². The topological polar surface area (TPSA) is 38.9 Å². The van der Waals surface area contributed by atoms with Crippen molar-refractivity contribution in [1.29, 1.82) is 0 Å². The van der Waals surface area contributed by atoms with E-state index in [-0.39, 0.29) is 17.0 Å². The second-order valence-electron chi connectivity index (χ2n) is 3.04. The molecular formula is C11H13BrN2S. The van der Waals surface area contributed by atoms with Gasteiger partial charge in [-0.05, 0) is 6.42 Å². The van der Waals surface area contributed by atoms with Crippen LogP contribution in [0.2, 0.25) is 0 Å². The van der Waals surface area contributed by atoms with Crippen molar-refractivity contribution in [3.63, 3.8) is 0 Å². The van der Waals surface area contributed by atoms with Crippen molar-refractivity contribution >= 4 is 33.4 Å². The lowest BCUT2D eigenvalue weighted by Crippen LogP contribution is -1.84. The van der Waals surface area contributed by atoms with E-state index in [1.807, 2.05) is 18.2 Å². The van der Waals surface area contributed by atoms with Gasteiger partial charge in [-0.3, -0.25) is 0 Å². The Morgan fingerprint density at radius 3 is 2.53 bits per heavy atom. The largest absolute Gasteiger partial charge is 0.375 e. The average Bonchev–Trinajstić information content (AvgIpc) is 2.61. The van der Waals surface area contributed by atoms with Crippen LogP contribution >= 0.6 is 28.3 Å². The summed E-state index contributed by atoms with van der Waals surface area (Å²) in [6, 6.07) is 10.2. The number of aromatic nitrogens is 1. The van der Waals surface area contributed by atoms with E-state index in [0.717, 1.165) is 17.7 Å². The fourth-order valence-electron chi connectivity index (χ4n) is 1.43. The smallest absolute Gasteiger partial charge is 0.180 e. The highest BCUT2D eigenvalue weighted by Gasteiger charge is 2.08. The molecule has 1 heterocycles. The van der Waals surface area contributed by atoms with Crippen LogP contribution in [0.3, 0.4) is 0 Å². The maximum atomic E-state index is 5.70. The number of anilines is 1. The number of hydrogen-bond acceptors (Lipinski definition) is 3. The second-order valence-corrected chi connectivity index (χ2v) is 4.16. The number of rotatable bonds is 2. The maximum Gasteiger partial charge on any atom is 0.180 e. The monoisotopic (exact) mass is 284 g/mol. The van der Waals surface area contributed by atoms with E-state index in [0.29, 0.717) is 5.13 Å². The normalized spacial score (nSPS) is 9.67. The standard InChI is InChI=1S/C11H12N2S.BrH/c1-2-9-10(13-11(12)14-9)8-6-4-3-5-7-8;/h3-7H,2H2,1H3,(H2,12,13);1H. The summed E-state index contributed by atoms with van der Waals surface area (Å²) >= 11 is 1.58. The molecular weight excluding hydrogens is 272 g/mol. The first kappa shape index (κ1) is 12.2. The predicted octanol–water partition coefficient (Wildman–Crippen LogP) is 3.53. The fraction of sp³-hybridized carbons (Fsp3) is 0.182. The van der Waals surface area contributed by atoms with Crippen molar-refractivity contribution in [3.05, 3.63) is 35.2 Å². The SMILES string of the molecule is Br.CCc1sc(N)nc1-c1ccccc1. The lowest BCUT2D eigenvalue weighted by molar-refractivity contribution is 1.17. The van der Waals surface area contributed by atoms with E-state index in [2.05, 4.69) is 24.0 Å². The highest BCUT2D eigenvalue weighted by molar-refractivity contribution is 8.93. The van der Waals surface area contributed by atoms with Crippen LogP contribution in [0.4, 0.5) is 5.13 Å². The Hall–Kier alpha value is -0.870. The first-order valence-electron chi connectivity index (χ1n) is 4.62. The minimum atomic E-state index is 0. The molecule has 0 unspecified atom stereocenters. The summed E-state index contributed by atoms with van der Waals surface area (Å²) in [7, 11) is 0. The Bertz CT molecular complexity index is 425. The van der Waals surface area contributed by atoms with Crippen molar-refractivity contribution in [2.24, 2.45) is 0 Å². The van der Waals surface area contributed by atoms with E-state index in [1.165, 1.54) is 4.88 Å². The Kier molecular flexibility index (Phi) is 4.29. The third kappa shape index (κ3) is 2.58. The summed E-state index contributed by atoms with van der Waals surface area (Å²) < 4.78 is 0. The van der Waals surface area contributed by atoms with Crippen LogP contribution in [-0.2, 0) is 6.42 Å². The lowest BCUT2D eigenvalue weighted by Gasteiger charge is -1.98. The zero-order valence-electron chi connectivity index (χ0n) is 8.43. The van der Waals surface area contributed by atoms with Crippen LogP contribution in [0, 0.1) is 0 Å². The number of thiazole rings is 1. The number of nitrogens with zero attached hydrogens (tertiary/aromatic N) is 1. The van der Waals surface area contributed by atoms with Crippen LogP contribution in [-0.4, -0.2) is 4.98 Å². The maximum absolute atomic E-state index is 5.70. The van der Waals surface area contributed by atoms with E-state index in [9.17, 15) is 0 Å². The minimum Gasteiger partial charge on any atom is -0.375 e. The molecule has 0 saturated carbocycles. The number of aryl methyl sites for hydroxylation is 1. The first-order valence-corrected chi connectivity index (χ1v) is 5.43. The second kappa shape index (κ2) is 5.28. The van der Waals surface area contributed by atoms with Gasteiger partial charge in [0.2, 0.25) is 0 Å². The third-order valence-electron chi connectivity index (χ3n) is 2.08. The number of nitrogens with two attached hydrogens (primary N) is 1. The van der Waals surface area contributed by atoms with Gasteiger partial charge in [-0.15, -0.1) is 28.3 Å². The van der Waals surface area contributed by atoms with Gasteiger partial charge in [0, 0.05) is 10.4 Å². The molecule has 80 valence electrons. The minimum absolute atomic E-state index is 0. The molecule has 0 aliphatic heterocycles. The summed E-state index contributed by atoms with van der Waals surface area (Å²) in [5.41, 5.74) is 7.89. The molecule has 0 amide bonds. The molecule has 2 nitrogen and oxygen atoms in total. The van der Waals surface area contributed by atoms with Crippen molar-refractivity contribution in [2.45, 2.75) is 13.3 Å². The van der Waals surface area contributed by atoms with Gasteiger partial charge in [0.25, 0.3) is 0 Å². The zero-order chi connectivity index (χ0) is 9.97. The summed E-state index contributed by atoms with van der Waals surface area (Å²) in [5, 5.41) is 0.653. The summed E-state index contributed by atoms with van der Waals surface area (Å²) in [5.74, 6) is 0. The Morgan fingerprint density at radius 1 is 1.27 bits per heavy atom. The van der Waals surface area contributed by atoms with Gasteiger partial charge in [0.1, 0.15) is 0 Å². The molecule has 2 aromatic rings. The molecule has 0 bridgehead atoms. The molecule has 0 saturated heterocycles. The molecule has 1 aromatic heterocycles. The van der Waals surface area contributed by atoms with Gasteiger partial charge in [0.05, 0.1) is 5.69 Å². The highest BCUT2D eigenvalue weighted by Crippen LogP contribution is 2.29. The molecule has 0 aliphatic rings. The van der Waals surface area contributed by atoms with Crippen LogP contribution < -0.4 is 5.73 Å². The third-order valence-corrected chi connectivity index (χ3v) is 3.11. The molecule has 4 heteroatoms.